The molecule has 0 aliphatic heterocycles. The number of aryl methyl sites for hydroxylation is 1. The molecule has 2 rings (SSSR count). The number of thiophene rings is 1. The predicted molar refractivity (Wildman–Crippen MR) is 73.6 cm³/mol. The summed E-state index contributed by atoms with van der Waals surface area (Å²) in [4.78, 5) is 2.49. The molecule has 0 aliphatic carbocycles. The standard InChI is InChI=1S/C15H13NS/c1-2-14-8-9-15(17-14)10-13(11-16)12-6-4-3-5-7-12/h3-10H,2H2,1H3/b13-10+. The van der Waals surface area contributed by atoms with Crippen LogP contribution in [0.1, 0.15) is 22.2 Å². The minimum atomic E-state index is 0.718. The fourth-order valence-electron chi connectivity index (χ4n) is 1.60. The lowest BCUT2D eigenvalue weighted by Gasteiger charge is -1.97. The maximum absolute atomic E-state index is 9.19. The van der Waals surface area contributed by atoms with E-state index in [1.807, 2.05) is 36.4 Å². The van der Waals surface area contributed by atoms with Crippen molar-refractivity contribution in [3.8, 4) is 6.07 Å². The van der Waals surface area contributed by atoms with Gasteiger partial charge in [0.2, 0.25) is 0 Å². The van der Waals surface area contributed by atoms with Crippen LogP contribution in [0, 0.1) is 11.3 Å². The van der Waals surface area contributed by atoms with Gasteiger partial charge < -0.3 is 0 Å². The van der Waals surface area contributed by atoms with Gasteiger partial charge in [0.25, 0.3) is 0 Å². The molecular formula is C15H13NS. The normalized spacial score (nSPS) is 11.2. The third-order valence-corrected chi connectivity index (χ3v) is 3.70. The molecule has 0 amide bonds. The zero-order valence-electron chi connectivity index (χ0n) is 9.68. The quantitative estimate of drug-likeness (QED) is 0.729. The van der Waals surface area contributed by atoms with Gasteiger partial charge >= 0.3 is 0 Å². The van der Waals surface area contributed by atoms with Crippen LogP contribution >= 0.6 is 11.3 Å². The van der Waals surface area contributed by atoms with Crippen LogP contribution < -0.4 is 0 Å². The first-order chi connectivity index (χ1) is 8.33. The lowest BCUT2D eigenvalue weighted by molar-refractivity contribution is 1.19. The summed E-state index contributed by atoms with van der Waals surface area (Å²) >= 11 is 1.74. The van der Waals surface area contributed by atoms with Crippen molar-refractivity contribution in [2.45, 2.75) is 13.3 Å². The molecule has 0 fully saturated rings. The van der Waals surface area contributed by atoms with Crippen LogP contribution in [-0.4, -0.2) is 0 Å². The fourth-order valence-corrected chi connectivity index (χ4v) is 2.50. The highest BCUT2D eigenvalue weighted by Gasteiger charge is 2.01. The van der Waals surface area contributed by atoms with Crippen molar-refractivity contribution in [2.24, 2.45) is 0 Å². The Labute approximate surface area is 106 Å². The number of hydrogen-bond acceptors (Lipinski definition) is 2. The molecule has 2 aromatic rings. The molecule has 0 aliphatic rings. The van der Waals surface area contributed by atoms with Crippen LogP contribution in [0.15, 0.2) is 42.5 Å². The molecule has 1 aromatic heterocycles. The minimum absolute atomic E-state index is 0.718. The number of rotatable bonds is 3. The number of nitriles is 1. The number of benzene rings is 1. The molecule has 17 heavy (non-hydrogen) atoms. The van der Waals surface area contributed by atoms with Crippen LogP contribution in [0.5, 0.6) is 0 Å². The van der Waals surface area contributed by atoms with E-state index in [1.54, 1.807) is 11.3 Å². The molecule has 0 unspecified atom stereocenters. The Morgan fingerprint density at radius 1 is 1.24 bits per heavy atom. The van der Waals surface area contributed by atoms with Gasteiger partial charge in [-0.05, 0) is 30.2 Å². The summed E-state index contributed by atoms with van der Waals surface area (Å²) in [5, 5.41) is 9.19. The zero-order chi connectivity index (χ0) is 12.1. The maximum Gasteiger partial charge on any atom is 0.0998 e. The summed E-state index contributed by atoms with van der Waals surface area (Å²) in [6.07, 6.45) is 3.00. The van der Waals surface area contributed by atoms with E-state index < -0.39 is 0 Å². The summed E-state index contributed by atoms with van der Waals surface area (Å²) in [7, 11) is 0. The van der Waals surface area contributed by atoms with Crippen LogP contribution in [0.4, 0.5) is 0 Å². The lowest BCUT2D eigenvalue weighted by atomic mass is 10.1. The number of nitrogens with zero attached hydrogens (tertiary/aromatic N) is 1. The van der Waals surface area contributed by atoms with Gasteiger partial charge in [-0.3, -0.25) is 0 Å². The van der Waals surface area contributed by atoms with Crippen molar-refractivity contribution in [3.63, 3.8) is 0 Å². The summed E-state index contributed by atoms with van der Waals surface area (Å²) < 4.78 is 0. The van der Waals surface area contributed by atoms with E-state index >= 15 is 0 Å². The highest BCUT2D eigenvalue weighted by Crippen LogP contribution is 2.23. The molecule has 1 aromatic carbocycles. The lowest BCUT2D eigenvalue weighted by Crippen LogP contribution is -1.79. The first kappa shape index (κ1) is 11.6. The first-order valence-electron chi connectivity index (χ1n) is 5.59. The van der Waals surface area contributed by atoms with Gasteiger partial charge in [0.05, 0.1) is 11.6 Å². The van der Waals surface area contributed by atoms with E-state index in [0.29, 0.717) is 0 Å². The highest BCUT2D eigenvalue weighted by atomic mass is 32.1. The number of hydrogen-bond donors (Lipinski definition) is 0. The fraction of sp³-hybridized carbons (Fsp3) is 0.133. The Morgan fingerprint density at radius 3 is 2.59 bits per heavy atom. The third kappa shape index (κ3) is 2.83. The second kappa shape index (κ2) is 5.47. The second-order valence-corrected chi connectivity index (χ2v) is 4.89. The van der Waals surface area contributed by atoms with Crippen LogP contribution in [0.3, 0.4) is 0 Å². The van der Waals surface area contributed by atoms with Gasteiger partial charge in [0, 0.05) is 9.75 Å². The largest absolute Gasteiger partial charge is 0.192 e. The number of allylic oxidation sites excluding steroid dienone is 1. The van der Waals surface area contributed by atoms with E-state index in [2.05, 4.69) is 25.1 Å². The van der Waals surface area contributed by atoms with Gasteiger partial charge in [-0.2, -0.15) is 5.26 Å². The van der Waals surface area contributed by atoms with E-state index in [9.17, 15) is 5.26 Å². The first-order valence-corrected chi connectivity index (χ1v) is 6.41. The van der Waals surface area contributed by atoms with Crippen molar-refractivity contribution in [2.75, 3.05) is 0 Å². The smallest absolute Gasteiger partial charge is 0.0998 e. The van der Waals surface area contributed by atoms with E-state index in [-0.39, 0.29) is 0 Å². The molecule has 0 saturated heterocycles. The van der Waals surface area contributed by atoms with Gasteiger partial charge in [-0.25, -0.2) is 0 Å². The second-order valence-electron chi connectivity index (χ2n) is 3.69. The SMILES string of the molecule is CCc1ccc(/C=C(\C#N)c2ccccc2)s1. The van der Waals surface area contributed by atoms with Gasteiger partial charge in [-0.15, -0.1) is 11.3 Å². The summed E-state index contributed by atoms with van der Waals surface area (Å²) in [5.41, 5.74) is 1.69. The molecule has 2 heteroatoms. The molecule has 0 atom stereocenters. The van der Waals surface area contributed by atoms with E-state index in [0.717, 1.165) is 22.4 Å². The molecule has 0 saturated carbocycles. The highest BCUT2D eigenvalue weighted by molar-refractivity contribution is 7.12. The molecule has 0 N–H and O–H groups in total. The third-order valence-electron chi connectivity index (χ3n) is 2.52. The summed E-state index contributed by atoms with van der Waals surface area (Å²) in [5.74, 6) is 0. The van der Waals surface area contributed by atoms with Crippen molar-refractivity contribution < 1.29 is 0 Å². The van der Waals surface area contributed by atoms with E-state index in [1.165, 1.54) is 4.88 Å². The van der Waals surface area contributed by atoms with E-state index in [4.69, 9.17) is 0 Å². The molecular weight excluding hydrogens is 226 g/mol. The Morgan fingerprint density at radius 2 is 2.00 bits per heavy atom. The molecule has 84 valence electrons. The van der Waals surface area contributed by atoms with Gasteiger partial charge in [-0.1, -0.05) is 37.3 Å². The summed E-state index contributed by atoms with van der Waals surface area (Å²) in [6, 6.07) is 16.2. The van der Waals surface area contributed by atoms with Crippen LogP contribution in [0.25, 0.3) is 11.6 Å². The topological polar surface area (TPSA) is 23.8 Å². The molecule has 0 bridgehead atoms. The molecule has 0 spiro atoms. The molecule has 1 heterocycles. The maximum atomic E-state index is 9.19. The van der Waals surface area contributed by atoms with Gasteiger partial charge in [0.1, 0.15) is 0 Å². The van der Waals surface area contributed by atoms with Crippen molar-refractivity contribution in [1.29, 1.82) is 5.26 Å². The zero-order valence-corrected chi connectivity index (χ0v) is 10.5. The Hall–Kier alpha value is -1.85. The van der Waals surface area contributed by atoms with Gasteiger partial charge in [0.15, 0.2) is 0 Å². The average Bonchev–Trinajstić information content (AvgIpc) is 2.84. The van der Waals surface area contributed by atoms with Crippen LogP contribution in [0.2, 0.25) is 0 Å². The minimum Gasteiger partial charge on any atom is -0.192 e. The van der Waals surface area contributed by atoms with Crippen molar-refractivity contribution in [1.82, 2.24) is 0 Å². The van der Waals surface area contributed by atoms with Crippen molar-refractivity contribution in [3.05, 3.63) is 57.8 Å². The van der Waals surface area contributed by atoms with Crippen molar-refractivity contribution >= 4 is 23.0 Å². The Bertz CT molecular complexity index is 558. The monoisotopic (exact) mass is 239 g/mol. The molecule has 1 nitrogen and oxygen atoms in total. The van der Waals surface area contributed by atoms with Crippen LogP contribution in [-0.2, 0) is 6.42 Å². The Kier molecular flexibility index (Phi) is 3.74. The predicted octanol–water partition coefficient (Wildman–Crippen LogP) is 4.37. The average molecular weight is 239 g/mol. The molecule has 0 radical (unpaired) electrons. The Balaban J connectivity index is 2.34. The summed E-state index contributed by atoms with van der Waals surface area (Å²) in [6.45, 7) is 2.14.